The first kappa shape index (κ1) is 14.5. The van der Waals surface area contributed by atoms with Crippen molar-refractivity contribution in [1.82, 2.24) is 4.98 Å². The first-order chi connectivity index (χ1) is 9.00. The lowest BCUT2D eigenvalue weighted by Crippen LogP contribution is -2.36. The van der Waals surface area contributed by atoms with Crippen molar-refractivity contribution in [2.75, 3.05) is 6.54 Å². The van der Waals surface area contributed by atoms with Gasteiger partial charge >= 0.3 is 0 Å². The lowest BCUT2D eigenvalue weighted by atomic mass is 9.64. The second-order valence-electron chi connectivity index (χ2n) is 7.16. The number of nitrogens with zero attached hydrogens (tertiary/aromatic N) is 1. The third kappa shape index (κ3) is 3.79. The summed E-state index contributed by atoms with van der Waals surface area (Å²) in [4.78, 5) is 4.49. The molecule has 0 aromatic carbocycles. The van der Waals surface area contributed by atoms with Crippen molar-refractivity contribution in [3.63, 3.8) is 0 Å². The molecule has 1 aliphatic carbocycles. The molecule has 0 spiro atoms. The maximum absolute atomic E-state index is 5.98. The van der Waals surface area contributed by atoms with Gasteiger partial charge in [0.2, 0.25) is 0 Å². The highest BCUT2D eigenvalue weighted by molar-refractivity contribution is 5.05. The van der Waals surface area contributed by atoms with Gasteiger partial charge in [0, 0.05) is 11.9 Å². The molecule has 0 aliphatic heterocycles. The molecule has 0 saturated heterocycles. The monoisotopic (exact) mass is 260 g/mol. The summed E-state index contributed by atoms with van der Waals surface area (Å²) < 4.78 is 0. The molecule has 0 radical (unpaired) electrons. The van der Waals surface area contributed by atoms with Crippen LogP contribution in [0.4, 0.5) is 0 Å². The highest BCUT2D eigenvalue weighted by atomic mass is 14.7. The van der Waals surface area contributed by atoms with Crippen molar-refractivity contribution in [3.05, 3.63) is 30.1 Å². The average molecular weight is 260 g/mol. The highest BCUT2D eigenvalue weighted by Gasteiger charge is 2.35. The Kier molecular flexibility index (Phi) is 4.62. The van der Waals surface area contributed by atoms with E-state index in [0.717, 1.165) is 18.9 Å². The van der Waals surface area contributed by atoms with Crippen LogP contribution in [-0.2, 0) is 6.42 Å². The van der Waals surface area contributed by atoms with Crippen LogP contribution in [0.5, 0.6) is 0 Å². The van der Waals surface area contributed by atoms with E-state index in [4.69, 9.17) is 5.73 Å². The molecule has 106 valence electrons. The summed E-state index contributed by atoms with van der Waals surface area (Å²) in [5.74, 6) is 2.21. The molecule has 1 fully saturated rings. The normalized spacial score (nSPS) is 28.3. The molecule has 2 rings (SSSR count). The third-order valence-corrected chi connectivity index (χ3v) is 4.86. The van der Waals surface area contributed by atoms with E-state index < -0.39 is 0 Å². The highest BCUT2D eigenvalue weighted by Crippen LogP contribution is 2.43. The smallest absolute Gasteiger partial charge is 0.0406 e. The summed E-state index contributed by atoms with van der Waals surface area (Å²) in [5.41, 5.74) is 7.62. The summed E-state index contributed by atoms with van der Waals surface area (Å²) in [7, 11) is 0. The molecule has 1 aromatic heterocycles. The molecule has 0 bridgehead atoms. The molecule has 2 nitrogen and oxygen atoms in total. The second-order valence-corrected chi connectivity index (χ2v) is 7.16. The van der Waals surface area contributed by atoms with Gasteiger partial charge in [-0.1, -0.05) is 26.8 Å². The number of nitrogens with two attached hydrogens (primary N) is 1. The van der Waals surface area contributed by atoms with Gasteiger partial charge in [-0.2, -0.15) is 0 Å². The molecule has 1 aromatic rings. The van der Waals surface area contributed by atoms with Crippen LogP contribution in [0, 0.1) is 23.2 Å². The van der Waals surface area contributed by atoms with E-state index in [2.05, 4.69) is 37.9 Å². The van der Waals surface area contributed by atoms with Crippen molar-refractivity contribution < 1.29 is 0 Å². The zero-order valence-electron chi connectivity index (χ0n) is 12.6. The van der Waals surface area contributed by atoms with Gasteiger partial charge in [-0.05, 0) is 67.5 Å². The summed E-state index contributed by atoms with van der Waals surface area (Å²) in [5, 5.41) is 0. The third-order valence-electron chi connectivity index (χ3n) is 4.86. The maximum atomic E-state index is 5.98. The second kappa shape index (κ2) is 6.04. The molecule has 1 saturated carbocycles. The molecular weight excluding hydrogens is 232 g/mol. The summed E-state index contributed by atoms with van der Waals surface area (Å²) >= 11 is 0. The van der Waals surface area contributed by atoms with E-state index in [1.807, 2.05) is 12.3 Å². The van der Waals surface area contributed by atoms with Gasteiger partial charge in [0.1, 0.15) is 0 Å². The van der Waals surface area contributed by atoms with Crippen LogP contribution in [0.2, 0.25) is 0 Å². The number of hydrogen-bond donors (Lipinski definition) is 1. The Morgan fingerprint density at radius 3 is 2.58 bits per heavy atom. The fourth-order valence-corrected chi connectivity index (χ4v) is 3.46. The number of pyridine rings is 1. The largest absolute Gasteiger partial charge is 0.330 e. The fourth-order valence-electron chi connectivity index (χ4n) is 3.46. The maximum Gasteiger partial charge on any atom is 0.0406 e. The van der Waals surface area contributed by atoms with Crippen LogP contribution in [-0.4, -0.2) is 11.5 Å². The standard InChI is InChI=1S/C17H28N2/c1-17(2,3)15-8-7-13(12-18)14(10-15)11-16-6-4-5-9-19-16/h4-6,9,13-15H,7-8,10-12,18H2,1-3H3. The van der Waals surface area contributed by atoms with Gasteiger partial charge in [0.15, 0.2) is 0 Å². The van der Waals surface area contributed by atoms with E-state index in [-0.39, 0.29) is 0 Å². The molecule has 1 aliphatic rings. The Labute approximate surface area is 117 Å². The Bertz CT molecular complexity index is 380. The Morgan fingerprint density at radius 2 is 2.00 bits per heavy atom. The Balaban J connectivity index is 2.06. The molecule has 3 atom stereocenters. The van der Waals surface area contributed by atoms with E-state index in [9.17, 15) is 0 Å². The minimum Gasteiger partial charge on any atom is -0.330 e. The predicted molar refractivity (Wildman–Crippen MR) is 80.8 cm³/mol. The van der Waals surface area contributed by atoms with E-state index >= 15 is 0 Å². The first-order valence-corrected chi connectivity index (χ1v) is 7.60. The SMILES string of the molecule is CC(C)(C)C1CCC(CN)C(Cc2ccccn2)C1. The summed E-state index contributed by atoms with van der Waals surface area (Å²) in [6.45, 7) is 7.95. The van der Waals surface area contributed by atoms with Crippen molar-refractivity contribution in [2.24, 2.45) is 28.9 Å². The number of aromatic nitrogens is 1. The topological polar surface area (TPSA) is 38.9 Å². The minimum absolute atomic E-state index is 0.419. The van der Waals surface area contributed by atoms with Crippen molar-refractivity contribution in [3.8, 4) is 0 Å². The number of rotatable bonds is 3. The van der Waals surface area contributed by atoms with Gasteiger partial charge in [-0.3, -0.25) is 4.98 Å². The Hall–Kier alpha value is -0.890. The van der Waals surface area contributed by atoms with Crippen LogP contribution in [0.1, 0.15) is 45.7 Å². The van der Waals surface area contributed by atoms with Gasteiger partial charge in [0.05, 0.1) is 0 Å². The molecule has 1 heterocycles. The summed E-state index contributed by atoms with van der Waals surface area (Å²) in [6.07, 6.45) is 6.92. The van der Waals surface area contributed by atoms with Crippen molar-refractivity contribution in [2.45, 2.75) is 46.5 Å². The van der Waals surface area contributed by atoms with Gasteiger partial charge < -0.3 is 5.73 Å². The quantitative estimate of drug-likeness (QED) is 0.900. The number of hydrogen-bond acceptors (Lipinski definition) is 2. The predicted octanol–water partition coefficient (Wildman–Crippen LogP) is 3.66. The van der Waals surface area contributed by atoms with Crippen LogP contribution in [0.3, 0.4) is 0 Å². The molecule has 2 N–H and O–H groups in total. The molecular formula is C17H28N2. The Morgan fingerprint density at radius 1 is 1.21 bits per heavy atom. The lowest BCUT2D eigenvalue weighted by molar-refractivity contribution is 0.101. The van der Waals surface area contributed by atoms with Crippen LogP contribution in [0.25, 0.3) is 0 Å². The molecule has 0 amide bonds. The van der Waals surface area contributed by atoms with E-state index in [1.54, 1.807) is 0 Å². The van der Waals surface area contributed by atoms with Crippen molar-refractivity contribution >= 4 is 0 Å². The van der Waals surface area contributed by atoms with Gasteiger partial charge in [-0.25, -0.2) is 0 Å². The van der Waals surface area contributed by atoms with Crippen LogP contribution in [0.15, 0.2) is 24.4 Å². The molecule has 3 unspecified atom stereocenters. The van der Waals surface area contributed by atoms with E-state index in [0.29, 0.717) is 17.3 Å². The fraction of sp³-hybridized carbons (Fsp3) is 0.706. The average Bonchev–Trinajstić information content (AvgIpc) is 2.39. The van der Waals surface area contributed by atoms with Gasteiger partial charge in [-0.15, -0.1) is 0 Å². The zero-order chi connectivity index (χ0) is 13.9. The van der Waals surface area contributed by atoms with E-state index in [1.165, 1.54) is 25.0 Å². The lowest BCUT2D eigenvalue weighted by Gasteiger charge is -2.41. The van der Waals surface area contributed by atoms with Gasteiger partial charge in [0.25, 0.3) is 0 Å². The molecule has 2 heteroatoms. The first-order valence-electron chi connectivity index (χ1n) is 7.60. The minimum atomic E-state index is 0.419. The summed E-state index contributed by atoms with van der Waals surface area (Å²) in [6, 6.07) is 6.22. The van der Waals surface area contributed by atoms with Crippen molar-refractivity contribution in [1.29, 1.82) is 0 Å². The molecule has 19 heavy (non-hydrogen) atoms. The van der Waals surface area contributed by atoms with Crippen LogP contribution >= 0.6 is 0 Å². The zero-order valence-corrected chi connectivity index (χ0v) is 12.6. The van der Waals surface area contributed by atoms with Crippen LogP contribution < -0.4 is 5.73 Å².